The van der Waals surface area contributed by atoms with E-state index in [1.54, 1.807) is 6.20 Å². The fourth-order valence-corrected chi connectivity index (χ4v) is 3.62. The topological polar surface area (TPSA) is 102 Å². The summed E-state index contributed by atoms with van der Waals surface area (Å²) in [5, 5.41) is 17.0. The van der Waals surface area contributed by atoms with Crippen LogP contribution in [0, 0.1) is 0 Å². The predicted molar refractivity (Wildman–Crippen MR) is 117 cm³/mol. The molecule has 0 atom stereocenters. The lowest BCUT2D eigenvalue weighted by Crippen LogP contribution is -2.23. The minimum absolute atomic E-state index is 0.0149. The first kappa shape index (κ1) is 20.6. The molecule has 0 aliphatic carbocycles. The zero-order valence-corrected chi connectivity index (χ0v) is 18.4. The van der Waals surface area contributed by atoms with Gasteiger partial charge in [-0.2, -0.15) is 0 Å². The van der Waals surface area contributed by atoms with Gasteiger partial charge in [0.2, 0.25) is 5.82 Å². The third-order valence-corrected chi connectivity index (χ3v) is 5.60. The monoisotopic (exact) mass is 426 g/mol. The molecular weight excluding hydrogens is 400 g/mol. The van der Waals surface area contributed by atoms with Gasteiger partial charge in [0.25, 0.3) is 0 Å². The molecule has 0 saturated carbocycles. The first-order valence-electron chi connectivity index (χ1n) is 9.95. The van der Waals surface area contributed by atoms with E-state index in [2.05, 4.69) is 20.1 Å². The summed E-state index contributed by atoms with van der Waals surface area (Å²) < 4.78 is 7.59. The molecule has 4 aromatic rings. The SMILES string of the molecule is CC(C)OCCn1nc(-c2nccs2)nc1-c1ccc2nc(C(C)(C)CO)[nH]c2c1. The van der Waals surface area contributed by atoms with E-state index < -0.39 is 5.41 Å². The van der Waals surface area contributed by atoms with E-state index in [0.29, 0.717) is 19.0 Å². The van der Waals surface area contributed by atoms with Gasteiger partial charge in [-0.15, -0.1) is 16.4 Å². The average molecular weight is 427 g/mol. The first-order chi connectivity index (χ1) is 14.4. The number of H-pyrrole nitrogens is 1. The molecule has 0 saturated heterocycles. The molecule has 0 fully saturated rings. The van der Waals surface area contributed by atoms with Crippen LogP contribution in [0.4, 0.5) is 0 Å². The zero-order valence-electron chi connectivity index (χ0n) is 17.6. The van der Waals surface area contributed by atoms with Crippen LogP contribution >= 0.6 is 11.3 Å². The zero-order chi connectivity index (χ0) is 21.3. The number of thiazole rings is 1. The van der Waals surface area contributed by atoms with Gasteiger partial charge in [0.05, 0.1) is 36.9 Å². The number of imidazole rings is 1. The third kappa shape index (κ3) is 4.14. The smallest absolute Gasteiger partial charge is 0.210 e. The molecule has 3 heterocycles. The van der Waals surface area contributed by atoms with E-state index in [1.807, 2.05) is 56.0 Å². The van der Waals surface area contributed by atoms with Gasteiger partial charge in [0.15, 0.2) is 10.8 Å². The van der Waals surface area contributed by atoms with E-state index in [1.165, 1.54) is 11.3 Å². The van der Waals surface area contributed by atoms with Crippen LogP contribution in [-0.4, -0.2) is 54.1 Å². The highest BCUT2D eigenvalue weighted by Crippen LogP contribution is 2.28. The maximum absolute atomic E-state index is 9.66. The number of rotatable bonds is 8. The van der Waals surface area contributed by atoms with Gasteiger partial charge in [-0.05, 0) is 32.0 Å². The molecule has 0 aliphatic heterocycles. The lowest BCUT2D eigenvalue weighted by molar-refractivity contribution is 0.0712. The van der Waals surface area contributed by atoms with Crippen molar-refractivity contribution in [3.05, 3.63) is 35.6 Å². The van der Waals surface area contributed by atoms with Crippen LogP contribution in [-0.2, 0) is 16.7 Å². The number of hydrogen-bond acceptors (Lipinski definition) is 7. The van der Waals surface area contributed by atoms with E-state index in [-0.39, 0.29) is 12.7 Å². The average Bonchev–Trinajstić information content (AvgIpc) is 3.45. The van der Waals surface area contributed by atoms with E-state index in [9.17, 15) is 5.11 Å². The number of aromatic nitrogens is 6. The minimum Gasteiger partial charge on any atom is -0.395 e. The largest absolute Gasteiger partial charge is 0.395 e. The predicted octanol–water partition coefficient (Wildman–Crippen LogP) is 3.64. The van der Waals surface area contributed by atoms with Crippen molar-refractivity contribution in [3.63, 3.8) is 0 Å². The van der Waals surface area contributed by atoms with Crippen LogP contribution in [0.15, 0.2) is 29.8 Å². The van der Waals surface area contributed by atoms with Gasteiger partial charge >= 0.3 is 0 Å². The molecule has 1 aromatic carbocycles. The number of aliphatic hydroxyl groups excluding tert-OH is 1. The molecule has 0 aliphatic rings. The maximum atomic E-state index is 9.66. The molecule has 8 nitrogen and oxygen atoms in total. The molecule has 0 amide bonds. The molecule has 9 heteroatoms. The van der Waals surface area contributed by atoms with Gasteiger partial charge in [0.1, 0.15) is 5.82 Å². The molecule has 2 N–H and O–H groups in total. The number of ether oxygens (including phenoxy) is 1. The minimum atomic E-state index is -0.439. The second-order valence-electron chi connectivity index (χ2n) is 8.10. The number of aliphatic hydroxyl groups is 1. The standard InChI is InChI=1S/C21H26N6O2S/c1-13(2)29-9-8-27-18(25-17(26-27)19-22-7-10-30-19)14-5-6-15-16(11-14)24-20(23-15)21(3,4)12-28/h5-7,10-11,13,28H,8-9,12H2,1-4H3,(H,23,24). The van der Waals surface area contributed by atoms with Crippen molar-refractivity contribution in [1.29, 1.82) is 0 Å². The quantitative estimate of drug-likeness (QED) is 0.446. The van der Waals surface area contributed by atoms with E-state index in [4.69, 9.17) is 9.72 Å². The van der Waals surface area contributed by atoms with Crippen LogP contribution in [0.25, 0.3) is 33.3 Å². The third-order valence-electron chi connectivity index (χ3n) is 4.83. The van der Waals surface area contributed by atoms with Crippen molar-refractivity contribution in [2.24, 2.45) is 0 Å². The normalized spacial score (nSPS) is 12.3. The summed E-state index contributed by atoms with van der Waals surface area (Å²) in [5.41, 5.74) is 2.24. The van der Waals surface area contributed by atoms with Crippen molar-refractivity contribution in [3.8, 4) is 22.2 Å². The number of benzene rings is 1. The lowest BCUT2D eigenvalue weighted by atomic mass is 9.94. The van der Waals surface area contributed by atoms with Gasteiger partial charge in [-0.3, -0.25) is 0 Å². The molecule has 3 aromatic heterocycles. The Kier molecular flexibility index (Phi) is 5.68. The Morgan fingerprint density at radius 3 is 2.80 bits per heavy atom. The Morgan fingerprint density at radius 2 is 2.10 bits per heavy atom. The highest BCUT2D eigenvalue weighted by atomic mass is 32.1. The van der Waals surface area contributed by atoms with Crippen molar-refractivity contribution in [1.82, 2.24) is 29.7 Å². The molecular formula is C21H26N6O2S. The fraction of sp³-hybridized carbons (Fsp3) is 0.429. The second kappa shape index (κ2) is 8.25. The number of nitrogens with one attached hydrogen (secondary N) is 1. The van der Waals surface area contributed by atoms with E-state index in [0.717, 1.165) is 33.3 Å². The summed E-state index contributed by atoms with van der Waals surface area (Å²) in [5.74, 6) is 2.12. The van der Waals surface area contributed by atoms with Crippen molar-refractivity contribution in [2.75, 3.05) is 13.2 Å². The Hall–Kier alpha value is -2.62. The summed E-state index contributed by atoms with van der Waals surface area (Å²) >= 11 is 1.51. The Bertz CT molecular complexity index is 1130. The van der Waals surface area contributed by atoms with E-state index >= 15 is 0 Å². The van der Waals surface area contributed by atoms with Crippen LogP contribution in [0.1, 0.15) is 33.5 Å². The summed E-state index contributed by atoms with van der Waals surface area (Å²) in [6.45, 7) is 9.10. The first-order valence-corrected chi connectivity index (χ1v) is 10.8. The Labute approximate surface area is 179 Å². The van der Waals surface area contributed by atoms with Crippen LogP contribution in [0.5, 0.6) is 0 Å². The molecule has 0 unspecified atom stereocenters. The molecule has 0 bridgehead atoms. The van der Waals surface area contributed by atoms with Gasteiger partial charge in [0, 0.05) is 22.6 Å². The van der Waals surface area contributed by atoms with Gasteiger partial charge in [-0.1, -0.05) is 13.8 Å². The molecule has 4 rings (SSSR count). The number of hydrogen-bond donors (Lipinski definition) is 2. The van der Waals surface area contributed by atoms with Gasteiger partial charge < -0.3 is 14.8 Å². The Morgan fingerprint density at radius 1 is 1.27 bits per heavy atom. The van der Waals surface area contributed by atoms with Crippen LogP contribution in [0.3, 0.4) is 0 Å². The lowest BCUT2D eigenvalue weighted by Gasteiger charge is -2.17. The van der Waals surface area contributed by atoms with Crippen LogP contribution < -0.4 is 0 Å². The summed E-state index contributed by atoms with van der Waals surface area (Å²) in [6, 6.07) is 5.98. The highest BCUT2D eigenvalue weighted by Gasteiger charge is 2.24. The Balaban J connectivity index is 1.73. The molecule has 0 spiro atoms. The number of nitrogens with zero attached hydrogens (tertiary/aromatic N) is 5. The summed E-state index contributed by atoms with van der Waals surface area (Å²) in [4.78, 5) is 17.1. The van der Waals surface area contributed by atoms with Crippen molar-refractivity contribution < 1.29 is 9.84 Å². The summed E-state index contributed by atoms with van der Waals surface area (Å²) in [7, 11) is 0. The maximum Gasteiger partial charge on any atom is 0.210 e. The second-order valence-corrected chi connectivity index (χ2v) is 8.99. The van der Waals surface area contributed by atoms with Gasteiger partial charge in [-0.25, -0.2) is 19.6 Å². The molecule has 158 valence electrons. The highest BCUT2D eigenvalue weighted by molar-refractivity contribution is 7.13. The van der Waals surface area contributed by atoms with Crippen molar-refractivity contribution in [2.45, 2.75) is 45.8 Å². The fourth-order valence-electron chi connectivity index (χ4n) is 3.06. The van der Waals surface area contributed by atoms with Crippen molar-refractivity contribution >= 4 is 22.4 Å². The number of aromatic amines is 1. The molecule has 0 radical (unpaired) electrons. The number of fused-ring (bicyclic) bond motifs is 1. The molecule has 30 heavy (non-hydrogen) atoms. The summed E-state index contributed by atoms with van der Waals surface area (Å²) in [6.07, 6.45) is 1.91. The van der Waals surface area contributed by atoms with Crippen LogP contribution in [0.2, 0.25) is 0 Å².